The molecule has 33 heavy (non-hydrogen) atoms. The summed E-state index contributed by atoms with van der Waals surface area (Å²) >= 11 is 3.48. The molecule has 0 spiro atoms. The highest BCUT2D eigenvalue weighted by Gasteiger charge is 2.33. The van der Waals surface area contributed by atoms with Crippen LogP contribution in [0.4, 0.5) is 8.78 Å². The Balaban J connectivity index is 1.54. The van der Waals surface area contributed by atoms with Crippen molar-refractivity contribution in [2.45, 2.75) is 6.61 Å². The number of fused-ring (bicyclic) bond motifs is 4. The number of ether oxygens (including phenoxy) is 2. The fourth-order valence-corrected chi connectivity index (χ4v) is 4.37. The third-order valence-corrected chi connectivity index (χ3v) is 6.04. The summed E-state index contributed by atoms with van der Waals surface area (Å²) in [5.41, 5.74) is 3.96. The zero-order chi connectivity index (χ0) is 23.3. The van der Waals surface area contributed by atoms with Gasteiger partial charge in [0.1, 0.15) is 35.3 Å². The summed E-state index contributed by atoms with van der Waals surface area (Å²) in [5.74, 6) is -1.59. The number of methoxy groups -OCH3 is 1. The van der Waals surface area contributed by atoms with E-state index in [1.165, 1.54) is 25.3 Å². The molecule has 3 aromatic carbocycles. The molecule has 1 aliphatic rings. The number of rotatable bonds is 5. The van der Waals surface area contributed by atoms with E-state index >= 15 is 0 Å². The van der Waals surface area contributed by atoms with Crippen molar-refractivity contribution in [3.05, 3.63) is 87.9 Å². The number of aromatic hydroxyl groups is 1. The minimum Gasteiger partial charge on any atom is -0.507 e. The van der Waals surface area contributed by atoms with Gasteiger partial charge in [-0.1, -0.05) is 15.9 Å². The van der Waals surface area contributed by atoms with E-state index in [2.05, 4.69) is 15.9 Å². The number of phenols is 1. The highest BCUT2D eigenvalue weighted by molar-refractivity contribution is 9.10. The number of phenolic OH excluding ortho intramolecular Hbond substituents is 1. The maximum Gasteiger partial charge on any atom is 0.342 e. The average Bonchev–Trinajstić information content (AvgIpc) is 3.16. The van der Waals surface area contributed by atoms with Gasteiger partial charge in [-0.2, -0.15) is 0 Å². The molecule has 1 aliphatic heterocycles. The topological polar surface area (TPSA) is 60.7 Å². The molecule has 166 valence electrons. The molecule has 0 saturated carbocycles. The number of benzene rings is 3. The van der Waals surface area contributed by atoms with E-state index in [-0.39, 0.29) is 23.5 Å². The average molecular weight is 512 g/mol. The van der Waals surface area contributed by atoms with E-state index in [9.17, 15) is 18.7 Å². The van der Waals surface area contributed by atoms with Crippen molar-refractivity contribution >= 4 is 21.9 Å². The Kier molecular flexibility index (Phi) is 5.17. The smallest absolute Gasteiger partial charge is 0.342 e. The minimum absolute atomic E-state index is 0.0781. The van der Waals surface area contributed by atoms with Crippen LogP contribution in [0.15, 0.2) is 65.1 Å². The molecule has 5 rings (SSSR count). The fraction of sp³-hybridized carbons (Fsp3) is 0.0800. The van der Waals surface area contributed by atoms with Crippen LogP contribution in [0, 0.1) is 11.6 Å². The Bertz CT molecular complexity index is 1430. The first-order valence-corrected chi connectivity index (χ1v) is 10.7. The van der Waals surface area contributed by atoms with E-state index in [1.54, 1.807) is 18.2 Å². The first kappa shape index (κ1) is 21.2. The quantitative estimate of drug-likeness (QED) is 0.284. The Morgan fingerprint density at radius 1 is 1.03 bits per heavy atom. The van der Waals surface area contributed by atoms with E-state index in [0.29, 0.717) is 11.3 Å². The summed E-state index contributed by atoms with van der Waals surface area (Å²) < 4.78 is 40.8. The van der Waals surface area contributed by atoms with E-state index in [1.807, 2.05) is 22.8 Å². The molecule has 8 heteroatoms. The van der Waals surface area contributed by atoms with Crippen molar-refractivity contribution in [1.82, 2.24) is 4.57 Å². The Labute approximate surface area is 195 Å². The van der Waals surface area contributed by atoms with Crippen molar-refractivity contribution in [2.75, 3.05) is 7.11 Å². The van der Waals surface area contributed by atoms with Gasteiger partial charge >= 0.3 is 5.97 Å². The molecule has 0 aliphatic carbocycles. The van der Waals surface area contributed by atoms with Gasteiger partial charge in [0, 0.05) is 27.2 Å². The van der Waals surface area contributed by atoms with Crippen LogP contribution in [-0.4, -0.2) is 22.8 Å². The molecular formula is C25H16BrF2NO4. The lowest BCUT2D eigenvalue weighted by atomic mass is 9.95. The van der Waals surface area contributed by atoms with Crippen LogP contribution in [0.25, 0.3) is 28.2 Å². The first-order chi connectivity index (χ1) is 15.9. The van der Waals surface area contributed by atoms with Gasteiger partial charge in [0.15, 0.2) is 0 Å². The molecule has 4 aromatic rings. The van der Waals surface area contributed by atoms with Crippen LogP contribution in [0.5, 0.6) is 11.5 Å². The molecule has 0 atom stereocenters. The predicted octanol–water partition coefficient (Wildman–Crippen LogP) is 6.24. The van der Waals surface area contributed by atoms with Crippen LogP contribution in [0.3, 0.4) is 0 Å². The summed E-state index contributed by atoms with van der Waals surface area (Å²) in [5, 5.41) is 10.2. The lowest BCUT2D eigenvalue weighted by molar-refractivity contribution is 0.0598. The highest BCUT2D eigenvalue weighted by Crippen LogP contribution is 2.49. The van der Waals surface area contributed by atoms with E-state index in [0.717, 1.165) is 33.2 Å². The number of hydrogen-bond acceptors (Lipinski definition) is 4. The number of nitrogens with zero attached hydrogens (tertiary/aromatic N) is 1. The third kappa shape index (κ3) is 3.47. The van der Waals surface area contributed by atoms with Gasteiger partial charge in [-0.05, 0) is 54.6 Å². The van der Waals surface area contributed by atoms with Gasteiger partial charge < -0.3 is 19.1 Å². The first-order valence-electron chi connectivity index (χ1n) is 9.92. The molecule has 1 N–H and O–H groups in total. The Morgan fingerprint density at radius 2 is 1.82 bits per heavy atom. The van der Waals surface area contributed by atoms with Crippen molar-refractivity contribution < 1.29 is 28.2 Å². The van der Waals surface area contributed by atoms with Gasteiger partial charge in [-0.25, -0.2) is 13.6 Å². The summed E-state index contributed by atoms with van der Waals surface area (Å²) in [6, 6.07) is 15.7. The van der Waals surface area contributed by atoms with Crippen molar-refractivity contribution in [3.8, 4) is 39.7 Å². The lowest BCUT2D eigenvalue weighted by Crippen LogP contribution is -2.16. The minimum atomic E-state index is -0.676. The van der Waals surface area contributed by atoms with Gasteiger partial charge in [-0.15, -0.1) is 0 Å². The number of esters is 1. The maximum absolute atomic E-state index is 14.1. The standard InChI is InChI=1S/C25H16BrF2NO4/c1-32-25(31)24-21(30)8-7-20-23(24)19-6-5-18(29(19)20)16-10-14(26)3-9-22(16)33-12-13-2-4-15(27)11-17(13)28/h2-11,30H,12H2,1H3. The summed E-state index contributed by atoms with van der Waals surface area (Å²) in [6.07, 6.45) is 0. The lowest BCUT2D eigenvalue weighted by Gasteiger charge is -2.28. The number of aromatic nitrogens is 1. The maximum atomic E-state index is 14.1. The molecule has 0 saturated heterocycles. The van der Waals surface area contributed by atoms with Crippen LogP contribution in [-0.2, 0) is 11.3 Å². The van der Waals surface area contributed by atoms with Crippen molar-refractivity contribution in [2.24, 2.45) is 0 Å². The molecular weight excluding hydrogens is 496 g/mol. The predicted molar refractivity (Wildman–Crippen MR) is 122 cm³/mol. The molecule has 0 bridgehead atoms. The number of carbonyl (C=O) groups is 1. The third-order valence-electron chi connectivity index (χ3n) is 5.54. The number of hydrogen-bond donors (Lipinski definition) is 1. The molecule has 0 radical (unpaired) electrons. The fourth-order valence-electron chi connectivity index (χ4n) is 4.01. The monoisotopic (exact) mass is 511 g/mol. The molecule has 5 nitrogen and oxygen atoms in total. The summed E-state index contributed by atoms with van der Waals surface area (Å²) in [7, 11) is 1.26. The summed E-state index contributed by atoms with van der Waals surface area (Å²) in [4.78, 5) is 12.2. The molecule has 0 unspecified atom stereocenters. The Hall–Kier alpha value is -3.65. The zero-order valence-electron chi connectivity index (χ0n) is 17.2. The normalized spacial score (nSPS) is 11.4. The van der Waals surface area contributed by atoms with Crippen LogP contribution in [0.1, 0.15) is 15.9 Å². The van der Waals surface area contributed by atoms with Crippen molar-refractivity contribution in [3.63, 3.8) is 0 Å². The van der Waals surface area contributed by atoms with Gasteiger partial charge in [0.25, 0.3) is 0 Å². The second-order valence-electron chi connectivity index (χ2n) is 7.45. The largest absolute Gasteiger partial charge is 0.507 e. The van der Waals surface area contributed by atoms with Crippen LogP contribution >= 0.6 is 15.9 Å². The Morgan fingerprint density at radius 3 is 2.58 bits per heavy atom. The highest BCUT2D eigenvalue weighted by atomic mass is 79.9. The number of carbonyl (C=O) groups excluding carboxylic acids is 1. The second kappa shape index (κ2) is 8.04. The molecule has 0 amide bonds. The zero-order valence-corrected chi connectivity index (χ0v) is 18.8. The van der Waals surface area contributed by atoms with E-state index < -0.39 is 17.6 Å². The van der Waals surface area contributed by atoms with Gasteiger partial charge in [0.2, 0.25) is 0 Å². The molecule has 2 heterocycles. The van der Waals surface area contributed by atoms with Gasteiger partial charge in [0.05, 0.1) is 24.2 Å². The molecule has 1 aromatic heterocycles. The SMILES string of the molecule is COC(=O)c1c(O)ccc2c1-c1ccc(-c3cc(Br)ccc3OCc3ccc(F)cc3F)n1-2. The molecule has 0 fully saturated rings. The number of halogens is 3. The van der Waals surface area contributed by atoms with Crippen LogP contribution < -0.4 is 4.74 Å². The summed E-state index contributed by atoms with van der Waals surface area (Å²) in [6.45, 7) is -0.0781. The van der Waals surface area contributed by atoms with Gasteiger partial charge in [-0.3, -0.25) is 0 Å². The van der Waals surface area contributed by atoms with E-state index in [4.69, 9.17) is 9.47 Å². The van der Waals surface area contributed by atoms with Crippen molar-refractivity contribution in [1.29, 1.82) is 0 Å². The van der Waals surface area contributed by atoms with Crippen LogP contribution in [0.2, 0.25) is 0 Å². The second-order valence-corrected chi connectivity index (χ2v) is 8.37.